The molecule has 0 saturated carbocycles. The molecule has 138 valence electrons. The molecule has 1 fully saturated rings. The van der Waals surface area contributed by atoms with Gasteiger partial charge in [0.25, 0.3) is 0 Å². The van der Waals surface area contributed by atoms with Gasteiger partial charge in [-0.1, -0.05) is 13.8 Å². The second-order valence-electron chi connectivity index (χ2n) is 6.35. The Labute approximate surface area is 149 Å². The third-order valence-corrected chi connectivity index (χ3v) is 6.91. The molecule has 0 spiro atoms. The molecule has 0 aliphatic carbocycles. The van der Waals surface area contributed by atoms with E-state index in [1.54, 1.807) is 12.1 Å². The number of aryl methyl sites for hydroxylation is 1. The van der Waals surface area contributed by atoms with Gasteiger partial charge >= 0.3 is 0 Å². The second-order valence-corrected chi connectivity index (χ2v) is 8.29. The van der Waals surface area contributed by atoms with E-state index in [1.165, 1.54) is 4.31 Å². The van der Waals surface area contributed by atoms with E-state index in [-0.39, 0.29) is 0 Å². The molecule has 1 aliphatic heterocycles. The molecule has 2 aromatic rings. The van der Waals surface area contributed by atoms with Crippen molar-refractivity contribution in [2.24, 2.45) is 7.05 Å². The first-order chi connectivity index (χ1) is 12.0. The van der Waals surface area contributed by atoms with Gasteiger partial charge in [0.2, 0.25) is 10.0 Å². The van der Waals surface area contributed by atoms with E-state index < -0.39 is 10.0 Å². The van der Waals surface area contributed by atoms with Crippen molar-refractivity contribution in [3.05, 3.63) is 24.0 Å². The van der Waals surface area contributed by atoms with Crippen molar-refractivity contribution < 1.29 is 8.42 Å². The lowest BCUT2D eigenvalue weighted by Gasteiger charge is -2.26. The van der Waals surface area contributed by atoms with Crippen LogP contribution in [0, 0.1) is 0 Å². The normalized spacial score (nSPS) is 16.8. The van der Waals surface area contributed by atoms with Gasteiger partial charge in [-0.3, -0.25) is 4.90 Å². The fraction of sp³-hybridized carbons (Fsp3) is 0.588. The predicted molar refractivity (Wildman–Crippen MR) is 99.0 cm³/mol. The van der Waals surface area contributed by atoms with Crippen molar-refractivity contribution in [1.82, 2.24) is 24.1 Å². The summed E-state index contributed by atoms with van der Waals surface area (Å²) in [6.45, 7) is 9.42. The number of piperazine rings is 1. The molecule has 2 heterocycles. The van der Waals surface area contributed by atoms with Crippen LogP contribution in [0.1, 0.15) is 19.7 Å². The zero-order chi connectivity index (χ0) is 18.0. The number of aromatic nitrogens is 2. The summed E-state index contributed by atoms with van der Waals surface area (Å²) in [6.07, 6.45) is 0. The lowest BCUT2D eigenvalue weighted by atomic mass is 10.3. The second kappa shape index (κ2) is 7.41. The predicted octanol–water partition coefficient (Wildman–Crippen LogP) is 1.01. The van der Waals surface area contributed by atoms with Crippen molar-refractivity contribution in [2.75, 3.05) is 39.3 Å². The van der Waals surface area contributed by atoms with Gasteiger partial charge in [-0.15, -0.1) is 0 Å². The average molecular weight is 366 g/mol. The molecule has 1 N–H and O–H groups in total. The fourth-order valence-corrected chi connectivity index (χ4v) is 4.79. The lowest BCUT2D eigenvalue weighted by molar-refractivity contribution is 0.226. The highest BCUT2D eigenvalue weighted by Crippen LogP contribution is 2.22. The van der Waals surface area contributed by atoms with E-state index in [4.69, 9.17) is 4.98 Å². The lowest BCUT2D eigenvalue weighted by Crippen LogP contribution is -2.43. The smallest absolute Gasteiger partial charge is 0.243 e. The Morgan fingerprint density at radius 3 is 2.52 bits per heavy atom. The monoisotopic (exact) mass is 365 g/mol. The Morgan fingerprint density at radius 2 is 1.88 bits per heavy atom. The summed E-state index contributed by atoms with van der Waals surface area (Å²) in [5, 5.41) is 3.35. The van der Waals surface area contributed by atoms with Crippen LogP contribution in [0.15, 0.2) is 23.1 Å². The highest BCUT2D eigenvalue weighted by atomic mass is 32.2. The maximum Gasteiger partial charge on any atom is 0.243 e. The molecule has 7 nitrogen and oxygen atoms in total. The summed E-state index contributed by atoms with van der Waals surface area (Å²) in [7, 11) is -1.47. The number of rotatable bonds is 6. The number of imidazole rings is 1. The molecule has 25 heavy (non-hydrogen) atoms. The summed E-state index contributed by atoms with van der Waals surface area (Å²) < 4.78 is 29.0. The Bertz CT molecular complexity index is 836. The quantitative estimate of drug-likeness (QED) is 0.827. The van der Waals surface area contributed by atoms with Crippen LogP contribution >= 0.6 is 0 Å². The van der Waals surface area contributed by atoms with E-state index in [2.05, 4.69) is 14.8 Å². The van der Waals surface area contributed by atoms with Gasteiger partial charge in [-0.05, 0) is 18.2 Å². The van der Waals surface area contributed by atoms with E-state index in [1.807, 2.05) is 27.0 Å². The Morgan fingerprint density at radius 1 is 1.20 bits per heavy atom. The minimum absolute atomic E-state index is 0.315. The fourth-order valence-electron chi connectivity index (χ4n) is 3.31. The molecule has 0 amide bonds. The molecule has 1 saturated heterocycles. The highest BCUT2D eigenvalue weighted by Gasteiger charge is 2.23. The summed E-state index contributed by atoms with van der Waals surface area (Å²) >= 11 is 0. The van der Waals surface area contributed by atoms with E-state index in [0.717, 1.165) is 49.6 Å². The summed E-state index contributed by atoms with van der Waals surface area (Å²) in [4.78, 5) is 7.39. The van der Waals surface area contributed by atoms with Crippen molar-refractivity contribution in [3.8, 4) is 0 Å². The number of benzene rings is 1. The molecule has 1 aliphatic rings. The first-order valence-corrected chi connectivity index (χ1v) is 10.3. The van der Waals surface area contributed by atoms with Crippen LogP contribution in [0.4, 0.5) is 0 Å². The number of sulfonamides is 1. The number of hydrogen-bond acceptors (Lipinski definition) is 5. The molecule has 0 bridgehead atoms. The summed E-state index contributed by atoms with van der Waals surface area (Å²) in [5.74, 6) is 0.967. The summed E-state index contributed by atoms with van der Waals surface area (Å²) in [5.41, 5.74) is 1.70. The standard InChI is InChI=1S/C17H27N5O2S/c1-4-22(5-2)25(23,24)14-6-7-16-15(12-14)19-17(20(16)3)13-21-10-8-18-9-11-21/h6-7,12,18H,4-5,8-11,13H2,1-3H3. The molecule has 0 radical (unpaired) electrons. The molecule has 8 heteroatoms. The Hall–Kier alpha value is -1.48. The van der Waals surface area contributed by atoms with Crippen LogP contribution < -0.4 is 5.32 Å². The molecule has 0 atom stereocenters. The van der Waals surface area contributed by atoms with Crippen molar-refractivity contribution in [2.45, 2.75) is 25.3 Å². The van der Waals surface area contributed by atoms with Crippen LogP contribution in [0.2, 0.25) is 0 Å². The first-order valence-electron chi connectivity index (χ1n) is 8.86. The Kier molecular flexibility index (Phi) is 5.43. The third kappa shape index (κ3) is 3.57. The highest BCUT2D eigenvalue weighted by molar-refractivity contribution is 7.89. The maximum atomic E-state index is 12.7. The van der Waals surface area contributed by atoms with Gasteiger partial charge in [-0.25, -0.2) is 13.4 Å². The molecular formula is C17H27N5O2S. The SMILES string of the molecule is CCN(CC)S(=O)(=O)c1ccc2c(c1)nc(CN1CCNCC1)n2C. The number of hydrogen-bond donors (Lipinski definition) is 1. The average Bonchev–Trinajstić information content (AvgIpc) is 2.92. The van der Waals surface area contributed by atoms with Crippen LogP contribution in [-0.4, -0.2) is 66.4 Å². The largest absolute Gasteiger partial charge is 0.330 e. The molecule has 1 aromatic heterocycles. The zero-order valence-corrected chi connectivity index (χ0v) is 16.0. The summed E-state index contributed by atoms with van der Waals surface area (Å²) in [6, 6.07) is 5.25. The minimum atomic E-state index is -3.46. The van der Waals surface area contributed by atoms with Gasteiger partial charge in [0.15, 0.2) is 0 Å². The number of fused-ring (bicyclic) bond motifs is 1. The van der Waals surface area contributed by atoms with Gasteiger partial charge < -0.3 is 9.88 Å². The zero-order valence-electron chi connectivity index (χ0n) is 15.2. The van der Waals surface area contributed by atoms with Gasteiger partial charge in [0, 0.05) is 46.3 Å². The van der Waals surface area contributed by atoms with Crippen molar-refractivity contribution >= 4 is 21.1 Å². The third-order valence-electron chi connectivity index (χ3n) is 4.86. The molecule has 1 aromatic carbocycles. The molecular weight excluding hydrogens is 338 g/mol. The van der Waals surface area contributed by atoms with E-state index in [9.17, 15) is 8.42 Å². The van der Waals surface area contributed by atoms with Gasteiger partial charge in [0.1, 0.15) is 5.82 Å². The molecule has 0 unspecified atom stereocenters. The van der Waals surface area contributed by atoms with Gasteiger partial charge in [0.05, 0.1) is 22.5 Å². The van der Waals surface area contributed by atoms with Crippen molar-refractivity contribution in [1.29, 1.82) is 0 Å². The van der Waals surface area contributed by atoms with Crippen LogP contribution in [0.3, 0.4) is 0 Å². The van der Waals surface area contributed by atoms with Crippen LogP contribution in [0.25, 0.3) is 11.0 Å². The number of nitrogens with one attached hydrogen (secondary N) is 1. The molecule has 3 rings (SSSR count). The minimum Gasteiger partial charge on any atom is -0.330 e. The van der Waals surface area contributed by atoms with Crippen LogP contribution in [-0.2, 0) is 23.6 Å². The van der Waals surface area contributed by atoms with E-state index >= 15 is 0 Å². The Balaban J connectivity index is 1.93. The van der Waals surface area contributed by atoms with Crippen LogP contribution in [0.5, 0.6) is 0 Å². The topological polar surface area (TPSA) is 70.5 Å². The maximum absolute atomic E-state index is 12.7. The number of nitrogens with zero attached hydrogens (tertiary/aromatic N) is 4. The van der Waals surface area contributed by atoms with E-state index in [0.29, 0.717) is 18.0 Å². The van der Waals surface area contributed by atoms with Crippen molar-refractivity contribution in [3.63, 3.8) is 0 Å². The first kappa shape index (κ1) is 18.3. The van der Waals surface area contributed by atoms with Gasteiger partial charge in [-0.2, -0.15) is 4.31 Å².